The first-order chi connectivity index (χ1) is 7.90. The van der Waals surface area contributed by atoms with Gasteiger partial charge in [-0.15, -0.1) is 0 Å². The minimum Gasteiger partial charge on any atom is -0.331 e. The highest BCUT2D eigenvalue weighted by Crippen LogP contribution is 2.25. The van der Waals surface area contributed by atoms with Gasteiger partial charge in [0.2, 0.25) is 0 Å². The van der Waals surface area contributed by atoms with E-state index >= 15 is 0 Å². The van der Waals surface area contributed by atoms with Crippen LogP contribution < -0.4 is 0 Å². The Kier molecular flexibility index (Phi) is 5.94. The van der Waals surface area contributed by atoms with E-state index < -0.39 is 0 Å². The summed E-state index contributed by atoms with van der Waals surface area (Å²) >= 11 is 0. The van der Waals surface area contributed by atoms with E-state index in [-0.39, 0.29) is 0 Å². The zero-order chi connectivity index (χ0) is 12.9. The van der Waals surface area contributed by atoms with Gasteiger partial charge in [-0.2, -0.15) is 0 Å². The third-order valence-corrected chi connectivity index (χ3v) is 4.31. The second-order valence-electron chi connectivity index (χ2n) is 6.96. The van der Waals surface area contributed by atoms with Crippen molar-refractivity contribution < 1.29 is 4.48 Å². The van der Waals surface area contributed by atoms with Crippen molar-refractivity contribution in [2.75, 3.05) is 34.7 Å². The molecule has 0 N–H and O–H groups in total. The predicted molar refractivity (Wildman–Crippen MR) is 76.2 cm³/mol. The van der Waals surface area contributed by atoms with Crippen LogP contribution in [0.1, 0.15) is 51.9 Å². The van der Waals surface area contributed by atoms with Gasteiger partial charge in [-0.3, -0.25) is 0 Å². The number of nitrogens with zero attached hydrogens (tertiary/aromatic N) is 2. The first-order valence-electron chi connectivity index (χ1n) is 7.42. The minimum atomic E-state index is 0.818. The van der Waals surface area contributed by atoms with E-state index in [1.165, 1.54) is 51.5 Å². The Morgan fingerprint density at radius 2 is 1.65 bits per heavy atom. The molecule has 1 saturated heterocycles. The normalized spacial score (nSPS) is 26.6. The van der Waals surface area contributed by atoms with Crippen molar-refractivity contribution in [3.63, 3.8) is 0 Å². The molecule has 2 atom stereocenters. The molecule has 1 aliphatic heterocycles. The molecule has 0 amide bonds. The third kappa shape index (κ3) is 5.87. The van der Waals surface area contributed by atoms with Crippen LogP contribution in [-0.2, 0) is 0 Å². The molecule has 1 heterocycles. The van der Waals surface area contributed by atoms with E-state index in [0.29, 0.717) is 0 Å². The molecule has 0 aromatic heterocycles. The second-order valence-corrected chi connectivity index (χ2v) is 6.96. The third-order valence-electron chi connectivity index (χ3n) is 4.31. The summed E-state index contributed by atoms with van der Waals surface area (Å²) in [5.41, 5.74) is 0. The summed E-state index contributed by atoms with van der Waals surface area (Å²) in [6.07, 6.45) is 9.92. The van der Waals surface area contributed by atoms with Gasteiger partial charge in [-0.05, 0) is 46.1 Å². The van der Waals surface area contributed by atoms with Crippen molar-refractivity contribution in [2.45, 2.75) is 64.0 Å². The monoisotopic (exact) mass is 241 g/mol. The van der Waals surface area contributed by atoms with Crippen LogP contribution in [-0.4, -0.2) is 56.2 Å². The number of likely N-dealkylation sites (tertiary alicyclic amines) is 1. The molecule has 1 aliphatic rings. The van der Waals surface area contributed by atoms with Crippen LogP contribution in [0.5, 0.6) is 0 Å². The molecule has 0 aromatic rings. The SMILES string of the molecule is CC1CCC(CCCCCC[N+](C)(C)C)N1C. The van der Waals surface area contributed by atoms with Crippen LogP contribution in [0.3, 0.4) is 0 Å². The lowest BCUT2D eigenvalue weighted by Gasteiger charge is -2.24. The summed E-state index contributed by atoms with van der Waals surface area (Å²) in [5.74, 6) is 0. The Labute approximate surface area is 109 Å². The topological polar surface area (TPSA) is 3.24 Å². The van der Waals surface area contributed by atoms with Crippen LogP contribution in [0.25, 0.3) is 0 Å². The molecule has 102 valence electrons. The van der Waals surface area contributed by atoms with Gasteiger partial charge in [0.05, 0.1) is 27.7 Å². The summed E-state index contributed by atoms with van der Waals surface area (Å²) < 4.78 is 1.11. The predicted octanol–water partition coefficient (Wildman–Crippen LogP) is 3.13. The van der Waals surface area contributed by atoms with E-state index in [1.54, 1.807) is 0 Å². The molecular weight excluding hydrogens is 208 g/mol. The summed E-state index contributed by atoms with van der Waals surface area (Å²) in [5, 5.41) is 0. The highest BCUT2D eigenvalue weighted by molar-refractivity contribution is 4.82. The molecule has 2 unspecified atom stereocenters. The van der Waals surface area contributed by atoms with Crippen LogP contribution in [0.4, 0.5) is 0 Å². The zero-order valence-corrected chi connectivity index (χ0v) is 12.7. The van der Waals surface area contributed by atoms with E-state index in [0.717, 1.165) is 16.6 Å². The molecule has 17 heavy (non-hydrogen) atoms. The maximum Gasteiger partial charge on any atom is 0.0780 e. The van der Waals surface area contributed by atoms with Crippen molar-refractivity contribution in [3.8, 4) is 0 Å². The Balaban J connectivity index is 1.98. The van der Waals surface area contributed by atoms with Crippen LogP contribution >= 0.6 is 0 Å². The van der Waals surface area contributed by atoms with Gasteiger partial charge in [-0.1, -0.05) is 12.8 Å². The summed E-state index contributed by atoms with van der Waals surface area (Å²) in [6, 6.07) is 1.70. The molecule has 0 aliphatic carbocycles. The molecule has 0 radical (unpaired) electrons. The fourth-order valence-electron chi connectivity index (χ4n) is 2.87. The van der Waals surface area contributed by atoms with E-state index in [2.05, 4.69) is 40.0 Å². The van der Waals surface area contributed by atoms with Crippen LogP contribution in [0, 0.1) is 0 Å². The summed E-state index contributed by atoms with van der Waals surface area (Å²) in [7, 11) is 9.16. The Morgan fingerprint density at radius 3 is 2.18 bits per heavy atom. The average molecular weight is 241 g/mol. The molecule has 1 rings (SSSR count). The summed E-state index contributed by atoms with van der Waals surface area (Å²) in [4.78, 5) is 2.59. The molecule has 0 saturated carbocycles. The number of hydrogen-bond donors (Lipinski definition) is 0. The number of hydrogen-bond acceptors (Lipinski definition) is 1. The molecule has 0 bridgehead atoms. The van der Waals surface area contributed by atoms with Crippen molar-refractivity contribution in [3.05, 3.63) is 0 Å². The fourth-order valence-corrected chi connectivity index (χ4v) is 2.87. The van der Waals surface area contributed by atoms with Crippen molar-refractivity contribution in [1.29, 1.82) is 0 Å². The van der Waals surface area contributed by atoms with E-state index in [1.807, 2.05) is 0 Å². The highest BCUT2D eigenvalue weighted by Gasteiger charge is 2.26. The molecule has 2 heteroatoms. The van der Waals surface area contributed by atoms with Gasteiger partial charge in [-0.25, -0.2) is 0 Å². The van der Waals surface area contributed by atoms with Crippen molar-refractivity contribution in [2.24, 2.45) is 0 Å². The lowest BCUT2D eigenvalue weighted by molar-refractivity contribution is -0.870. The Morgan fingerprint density at radius 1 is 1.00 bits per heavy atom. The zero-order valence-electron chi connectivity index (χ0n) is 12.7. The number of rotatable bonds is 7. The quantitative estimate of drug-likeness (QED) is 0.489. The molecule has 0 aromatic carbocycles. The largest absolute Gasteiger partial charge is 0.331 e. The van der Waals surface area contributed by atoms with E-state index in [4.69, 9.17) is 0 Å². The van der Waals surface area contributed by atoms with E-state index in [9.17, 15) is 0 Å². The van der Waals surface area contributed by atoms with Gasteiger partial charge < -0.3 is 9.38 Å². The Hall–Kier alpha value is -0.0800. The van der Waals surface area contributed by atoms with Gasteiger partial charge in [0.15, 0.2) is 0 Å². The smallest absolute Gasteiger partial charge is 0.0780 e. The minimum absolute atomic E-state index is 0.818. The highest BCUT2D eigenvalue weighted by atomic mass is 15.3. The number of quaternary nitrogens is 1. The summed E-state index contributed by atoms with van der Waals surface area (Å²) in [6.45, 7) is 3.68. The molecule has 1 fully saturated rings. The fraction of sp³-hybridized carbons (Fsp3) is 1.00. The van der Waals surface area contributed by atoms with Crippen molar-refractivity contribution >= 4 is 0 Å². The molecule has 0 spiro atoms. The van der Waals surface area contributed by atoms with Crippen LogP contribution in [0.2, 0.25) is 0 Å². The second kappa shape index (κ2) is 6.75. The molecule has 2 nitrogen and oxygen atoms in total. The lowest BCUT2D eigenvalue weighted by Crippen LogP contribution is -2.35. The molecular formula is C15H33N2+. The van der Waals surface area contributed by atoms with Gasteiger partial charge >= 0.3 is 0 Å². The van der Waals surface area contributed by atoms with Gasteiger partial charge in [0.1, 0.15) is 0 Å². The number of unbranched alkanes of at least 4 members (excludes halogenated alkanes) is 3. The average Bonchev–Trinajstić information content (AvgIpc) is 2.53. The van der Waals surface area contributed by atoms with Crippen molar-refractivity contribution in [1.82, 2.24) is 4.90 Å². The maximum absolute atomic E-state index is 2.59. The maximum atomic E-state index is 2.59. The standard InChI is InChI=1S/C15H33N2/c1-14-11-12-15(16(14)2)10-8-6-7-9-13-17(3,4)5/h14-15H,6-13H2,1-5H3/q+1. The van der Waals surface area contributed by atoms with Gasteiger partial charge in [0, 0.05) is 12.1 Å². The van der Waals surface area contributed by atoms with Gasteiger partial charge in [0.25, 0.3) is 0 Å². The lowest BCUT2D eigenvalue weighted by atomic mass is 10.1. The first kappa shape index (κ1) is 15.0. The van der Waals surface area contributed by atoms with Crippen LogP contribution in [0.15, 0.2) is 0 Å². The Bertz CT molecular complexity index is 207. The first-order valence-corrected chi connectivity index (χ1v) is 7.42.